The number of halogens is 1. The third-order valence-electron chi connectivity index (χ3n) is 6.67. The summed E-state index contributed by atoms with van der Waals surface area (Å²) in [5.74, 6) is 1.11. The molecule has 1 aliphatic heterocycles. The van der Waals surface area contributed by atoms with Crippen LogP contribution in [-0.4, -0.2) is 44.4 Å². The van der Waals surface area contributed by atoms with Crippen LogP contribution in [-0.2, 0) is 11.2 Å². The molecule has 2 N–H and O–H groups in total. The fraction of sp³-hybridized carbons (Fsp3) is 0.593. The van der Waals surface area contributed by atoms with Crippen LogP contribution in [0.25, 0.3) is 0 Å². The topological polar surface area (TPSA) is 61.8 Å². The van der Waals surface area contributed by atoms with Crippen molar-refractivity contribution in [3.8, 4) is 5.75 Å². The molecule has 33 heavy (non-hydrogen) atoms. The quantitative estimate of drug-likeness (QED) is 0.588. The molecule has 0 spiro atoms. The fourth-order valence-electron chi connectivity index (χ4n) is 4.43. The van der Waals surface area contributed by atoms with Crippen LogP contribution in [0.2, 0.25) is 5.02 Å². The van der Waals surface area contributed by atoms with Crippen molar-refractivity contribution in [2.75, 3.05) is 26.1 Å². The molecule has 0 saturated carbocycles. The number of hydrogen-bond acceptors (Lipinski definition) is 4. The van der Waals surface area contributed by atoms with Crippen molar-refractivity contribution in [1.29, 1.82) is 0 Å². The average Bonchev–Trinajstić information content (AvgIpc) is 2.79. The summed E-state index contributed by atoms with van der Waals surface area (Å²) in [5.41, 5.74) is 2.91. The summed E-state index contributed by atoms with van der Waals surface area (Å²) in [4.78, 5) is 14.6. The van der Waals surface area contributed by atoms with Gasteiger partial charge in [0.05, 0.1) is 18.9 Å². The van der Waals surface area contributed by atoms with Gasteiger partial charge in [-0.15, -0.1) is 0 Å². The third-order valence-corrected chi connectivity index (χ3v) is 7.05. The zero-order valence-electron chi connectivity index (χ0n) is 21.0. The van der Waals surface area contributed by atoms with Gasteiger partial charge in [-0.05, 0) is 75.6 Å². The fourth-order valence-corrected chi connectivity index (χ4v) is 4.74. The molecule has 1 aromatic carbocycles. The van der Waals surface area contributed by atoms with Gasteiger partial charge < -0.3 is 20.1 Å². The van der Waals surface area contributed by atoms with Gasteiger partial charge in [-0.3, -0.25) is 4.79 Å². The molecule has 1 aliphatic rings. The van der Waals surface area contributed by atoms with Crippen LogP contribution in [0, 0.1) is 11.8 Å². The first-order valence-corrected chi connectivity index (χ1v) is 12.3. The lowest BCUT2D eigenvalue weighted by molar-refractivity contribution is -0.118. The molecule has 1 amide bonds. The van der Waals surface area contributed by atoms with Crippen molar-refractivity contribution in [3.63, 3.8) is 0 Å². The lowest BCUT2D eigenvalue weighted by Gasteiger charge is -2.26. The first-order chi connectivity index (χ1) is 15.7. The van der Waals surface area contributed by atoms with Gasteiger partial charge in [0, 0.05) is 19.5 Å². The Morgan fingerprint density at radius 1 is 1.24 bits per heavy atom. The van der Waals surface area contributed by atoms with E-state index in [9.17, 15) is 9.90 Å². The molecule has 2 unspecified atom stereocenters. The molecular formula is C27H41ClN2O3. The van der Waals surface area contributed by atoms with Crippen molar-refractivity contribution in [2.24, 2.45) is 11.8 Å². The second-order valence-electron chi connectivity index (χ2n) is 9.58. The van der Waals surface area contributed by atoms with E-state index in [4.69, 9.17) is 16.3 Å². The number of ether oxygens (including phenoxy) is 1. The molecule has 1 heterocycles. The monoisotopic (exact) mass is 476 g/mol. The minimum atomic E-state index is -0.371. The Morgan fingerprint density at radius 2 is 1.97 bits per heavy atom. The number of aliphatic hydroxyl groups excluding tert-OH is 1. The summed E-state index contributed by atoms with van der Waals surface area (Å²) in [6.45, 7) is 6.34. The number of aliphatic hydroxyl groups is 1. The number of rotatable bonds is 2. The number of carbonyl (C=O) groups is 1. The number of nitrogens with zero attached hydrogens (tertiary/aromatic N) is 1. The van der Waals surface area contributed by atoms with Gasteiger partial charge in [-0.2, -0.15) is 0 Å². The molecular weight excluding hydrogens is 436 g/mol. The van der Waals surface area contributed by atoms with Gasteiger partial charge in [0.15, 0.2) is 0 Å². The lowest BCUT2D eigenvalue weighted by Crippen LogP contribution is -2.32. The maximum atomic E-state index is 13.0. The Balaban J connectivity index is 2.36. The maximum absolute atomic E-state index is 13.0. The van der Waals surface area contributed by atoms with Crippen LogP contribution < -0.4 is 15.0 Å². The third kappa shape index (κ3) is 8.16. The number of hydrogen-bond donors (Lipinski definition) is 2. The molecule has 2 bridgehead atoms. The van der Waals surface area contributed by atoms with Crippen molar-refractivity contribution >= 4 is 23.2 Å². The van der Waals surface area contributed by atoms with Crippen LogP contribution in [0.5, 0.6) is 5.75 Å². The average molecular weight is 477 g/mol. The van der Waals surface area contributed by atoms with Crippen LogP contribution in [0.1, 0.15) is 58.4 Å². The minimum Gasteiger partial charge on any atom is -0.495 e. The summed E-state index contributed by atoms with van der Waals surface area (Å²) in [5, 5.41) is 14.5. The highest BCUT2D eigenvalue weighted by Crippen LogP contribution is 2.37. The number of allylic oxidation sites excluding steroid dienone is 3. The van der Waals surface area contributed by atoms with Crippen molar-refractivity contribution in [2.45, 2.75) is 71.4 Å². The Hall–Kier alpha value is -1.82. The minimum absolute atomic E-state index is 0.0273. The van der Waals surface area contributed by atoms with Crippen molar-refractivity contribution < 1.29 is 14.6 Å². The van der Waals surface area contributed by atoms with Crippen LogP contribution in [0.3, 0.4) is 0 Å². The van der Waals surface area contributed by atoms with Gasteiger partial charge in [-0.1, -0.05) is 49.2 Å². The van der Waals surface area contributed by atoms with E-state index < -0.39 is 0 Å². The molecule has 0 aromatic heterocycles. The molecule has 0 saturated heterocycles. The van der Waals surface area contributed by atoms with Gasteiger partial charge in [0.1, 0.15) is 10.8 Å². The largest absolute Gasteiger partial charge is 0.495 e. The highest BCUT2D eigenvalue weighted by atomic mass is 35.5. The molecule has 6 heteroatoms. The van der Waals surface area contributed by atoms with Crippen LogP contribution in [0.4, 0.5) is 5.69 Å². The molecule has 0 aliphatic carbocycles. The maximum Gasteiger partial charge on any atom is 0.226 e. The first kappa shape index (κ1) is 27.4. The first-order valence-electron chi connectivity index (χ1n) is 12.0. The normalized spacial score (nSPS) is 28.8. The van der Waals surface area contributed by atoms with Gasteiger partial charge in [-0.25, -0.2) is 0 Å². The molecule has 1 aromatic rings. The van der Waals surface area contributed by atoms with E-state index in [1.54, 1.807) is 19.1 Å². The Kier molecular flexibility index (Phi) is 10.9. The highest BCUT2D eigenvalue weighted by Gasteiger charge is 2.22. The standard InChI is InChI=1S/C27H41ClN2O3/c1-18-9-7-8-10-22(29-4)17-24(31)20(3)13-19(2)11-12-26(32)30(5)23-15-21(14-18)16-25(33-6)27(23)28/h7-9,15-16,19-20,22,24,29,31H,10-14,17H2,1-6H3/b8-7+,18-9+/t19-,20-,22?,24?/m0/s1. The van der Waals surface area contributed by atoms with E-state index in [1.807, 2.05) is 19.2 Å². The van der Waals surface area contributed by atoms with Gasteiger partial charge in [0.25, 0.3) is 0 Å². The van der Waals surface area contributed by atoms with Crippen LogP contribution in [0.15, 0.2) is 35.9 Å². The van der Waals surface area contributed by atoms with E-state index in [2.05, 4.69) is 44.3 Å². The Bertz CT molecular complexity index is 852. The van der Waals surface area contributed by atoms with Gasteiger partial charge in [0.2, 0.25) is 5.91 Å². The number of nitrogens with one attached hydrogen (secondary N) is 1. The van der Waals surface area contributed by atoms with E-state index in [0.717, 1.165) is 31.2 Å². The predicted molar refractivity (Wildman–Crippen MR) is 138 cm³/mol. The number of anilines is 1. The van der Waals surface area contributed by atoms with E-state index >= 15 is 0 Å². The van der Waals surface area contributed by atoms with Crippen LogP contribution >= 0.6 is 11.6 Å². The summed E-state index contributed by atoms with van der Waals surface area (Å²) in [6, 6.07) is 4.15. The summed E-state index contributed by atoms with van der Waals surface area (Å²) >= 11 is 6.58. The zero-order valence-corrected chi connectivity index (χ0v) is 21.8. The molecule has 4 atom stereocenters. The Morgan fingerprint density at radius 3 is 2.64 bits per heavy atom. The lowest BCUT2D eigenvalue weighted by atomic mass is 9.87. The SMILES string of the molecule is CNC1C/C=C/C=C(\C)Cc2cc(OC)c(Cl)c(c2)N(C)C(=O)CC[C@H](C)C[C@H](C)C(O)C1. The molecule has 0 fully saturated rings. The zero-order chi connectivity index (χ0) is 24.5. The van der Waals surface area contributed by atoms with Crippen molar-refractivity contribution in [3.05, 3.63) is 46.5 Å². The predicted octanol–water partition coefficient (Wildman–Crippen LogP) is 5.54. The van der Waals surface area contributed by atoms with E-state index in [0.29, 0.717) is 35.2 Å². The molecule has 0 radical (unpaired) electrons. The van der Waals surface area contributed by atoms with Gasteiger partial charge >= 0.3 is 0 Å². The second-order valence-corrected chi connectivity index (χ2v) is 9.96. The number of fused-ring (bicyclic) bond motifs is 2. The van der Waals surface area contributed by atoms with E-state index in [1.165, 1.54) is 5.57 Å². The number of benzene rings is 1. The summed E-state index contributed by atoms with van der Waals surface area (Å²) < 4.78 is 5.50. The Labute approximate surface area is 204 Å². The van der Waals surface area contributed by atoms with E-state index in [-0.39, 0.29) is 24.0 Å². The smallest absolute Gasteiger partial charge is 0.226 e. The highest BCUT2D eigenvalue weighted by molar-refractivity contribution is 6.35. The number of methoxy groups -OCH3 is 1. The molecule has 5 nitrogen and oxygen atoms in total. The second kappa shape index (κ2) is 13.2. The number of carbonyl (C=O) groups excluding carboxylic acids is 1. The summed E-state index contributed by atoms with van der Waals surface area (Å²) in [6.07, 6.45) is 10.4. The van der Waals surface area contributed by atoms with Crippen molar-refractivity contribution in [1.82, 2.24) is 5.32 Å². The molecule has 184 valence electrons. The summed E-state index contributed by atoms with van der Waals surface area (Å²) in [7, 11) is 5.32. The number of amides is 1. The molecule has 2 rings (SSSR count).